The Balaban J connectivity index is 1.97. The number of hydrogen-bond donors (Lipinski definition) is 3. The molecule has 1 aromatic rings. The summed E-state index contributed by atoms with van der Waals surface area (Å²) in [7, 11) is 0. The second kappa shape index (κ2) is 6.89. The van der Waals surface area contributed by atoms with Crippen LogP contribution in [-0.2, 0) is 0 Å². The molecule has 2 fully saturated rings. The van der Waals surface area contributed by atoms with Crippen molar-refractivity contribution < 1.29 is 14.6 Å². The Morgan fingerprint density at radius 1 is 1.17 bits per heavy atom. The predicted octanol–water partition coefficient (Wildman–Crippen LogP) is 2.47. The molecule has 0 amide bonds. The highest BCUT2D eigenvalue weighted by Gasteiger charge is 2.35. The number of benzene rings is 1. The Morgan fingerprint density at radius 2 is 1.87 bits per heavy atom. The summed E-state index contributed by atoms with van der Waals surface area (Å²) in [6.45, 7) is 3.57. The molecule has 5 heteroatoms. The van der Waals surface area contributed by atoms with Crippen molar-refractivity contribution in [3.8, 4) is 5.75 Å². The van der Waals surface area contributed by atoms with Crippen LogP contribution in [0.25, 0.3) is 5.57 Å². The SMILES string of the molecule is Oc1ccc(C(=CN2CCNCC2)C2(O)CCCCC2)cc1F. The van der Waals surface area contributed by atoms with Gasteiger partial charge in [-0.25, -0.2) is 4.39 Å². The predicted molar refractivity (Wildman–Crippen MR) is 88.5 cm³/mol. The van der Waals surface area contributed by atoms with Gasteiger partial charge in [-0.1, -0.05) is 25.3 Å². The Kier molecular flexibility index (Phi) is 4.87. The van der Waals surface area contributed by atoms with Crippen molar-refractivity contribution in [2.75, 3.05) is 26.2 Å². The van der Waals surface area contributed by atoms with Gasteiger partial charge < -0.3 is 20.4 Å². The zero-order chi connectivity index (χ0) is 16.3. The van der Waals surface area contributed by atoms with Crippen molar-refractivity contribution >= 4 is 5.57 Å². The van der Waals surface area contributed by atoms with Crippen LogP contribution >= 0.6 is 0 Å². The highest BCUT2D eigenvalue weighted by Crippen LogP contribution is 2.40. The number of nitrogens with one attached hydrogen (secondary N) is 1. The first-order valence-corrected chi connectivity index (χ1v) is 8.47. The number of nitrogens with zero attached hydrogens (tertiary/aromatic N) is 1. The van der Waals surface area contributed by atoms with Crippen LogP contribution in [0, 0.1) is 5.82 Å². The third kappa shape index (κ3) is 3.67. The van der Waals surface area contributed by atoms with Crippen LogP contribution in [0.2, 0.25) is 0 Å². The van der Waals surface area contributed by atoms with E-state index >= 15 is 0 Å². The maximum atomic E-state index is 13.8. The Hall–Kier alpha value is -1.59. The zero-order valence-corrected chi connectivity index (χ0v) is 13.4. The molecule has 1 aromatic carbocycles. The van der Waals surface area contributed by atoms with Crippen molar-refractivity contribution in [2.24, 2.45) is 0 Å². The summed E-state index contributed by atoms with van der Waals surface area (Å²) in [5, 5.41) is 23.9. The fraction of sp³-hybridized carbons (Fsp3) is 0.556. The minimum absolute atomic E-state index is 0.356. The molecule has 23 heavy (non-hydrogen) atoms. The summed E-state index contributed by atoms with van der Waals surface area (Å²) in [6, 6.07) is 4.39. The lowest BCUT2D eigenvalue weighted by Gasteiger charge is -2.37. The lowest BCUT2D eigenvalue weighted by Crippen LogP contribution is -2.42. The van der Waals surface area contributed by atoms with Gasteiger partial charge in [0.15, 0.2) is 11.6 Å². The lowest BCUT2D eigenvalue weighted by atomic mass is 9.77. The van der Waals surface area contributed by atoms with Crippen LogP contribution in [-0.4, -0.2) is 46.9 Å². The first kappa shape index (κ1) is 16.3. The van der Waals surface area contributed by atoms with Gasteiger partial charge in [-0.15, -0.1) is 0 Å². The van der Waals surface area contributed by atoms with E-state index in [1.165, 1.54) is 12.1 Å². The van der Waals surface area contributed by atoms with Crippen LogP contribution in [0.3, 0.4) is 0 Å². The van der Waals surface area contributed by atoms with E-state index in [0.29, 0.717) is 18.4 Å². The van der Waals surface area contributed by atoms with E-state index in [4.69, 9.17) is 0 Å². The molecule has 1 saturated heterocycles. The summed E-state index contributed by atoms with van der Waals surface area (Å²) in [5.41, 5.74) is 0.522. The molecule has 4 nitrogen and oxygen atoms in total. The van der Waals surface area contributed by atoms with E-state index in [0.717, 1.165) is 51.0 Å². The van der Waals surface area contributed by atoms with Gasteiger partial charge in [-0.05, 0) is 30.5 Å². The number of rotatable bonds is 3. The molecule has 0 spiro atoms. The van der Waals surface area contributed by atoms with Gasteiger partial charge in [0, 0.05) is 38.0 Å². The van der Waals surface area contributed by atoms with Crippen molar-refractivity contribution in [3.05, 3.63) is 35.8 Å². The third-order valence-electron chi connectivity index (χ3n) is 4.90. The minimum Gasteiger partial charge on any atom is -0.505 e. The van der Waals surface area contributed by atoms with Gasteiger partial charge in [-0.2, -0.15) is 0 Å². The van der Waals surface area contributed by atoms with Gasteiger partial charge >= 0.3 is 0 Å². The maximum Gasteiger partial charge on any atom is 0.165 e. The second-order valence-electron chi connectivity index (χ2n) is 6.59. The molecule has 0 bridgehead atoms. The molecule has 2 aliphatic rings. The zero-order valence-electron chi connectivity index (χ0n) is 13.4. The van der Waals surface area contributed by atoms with Crippen molar-refractivity contribution in [3.63, 3.8) is 0 Å². The van der Waals surface area contributed by atoms with Gasteiger partial charge in [0.1, 0.15) is 0 Å². The van der Waals surface area contributed by atoms with Gasteiger partial charge in [0.2, 0.25) is 0 Å². The topological polar surface area (TPSA) is 55.7 Å². The Bertz CT molecular complexity index is 576. The molecule has 3 N–H and O–H groups in total. The number of aliphatic hydroxyl groups is 1. The molecule has 1 saturated carbocycles. The number of hydrogen-bond acceptors (Lipinski definition) is 4. The highest BCUT2D eigenvalue weighted by atomic mass is 19.1. The molecule has 1 heterocycles. The average molecular weight is 320 g/mol. The fourth-order valence-electron chi connectivity index (χ4n) is 3.54. The van der Waals surface area contributed by atoms with Crippen LogP contribution < -0.4 is 5.32 Å². The molecule has 0 aromatic heterocycles. The number of aromatic hydroxyl groups is 1. The quantitative estimate of drug-likeness (QED) is 0.801. The summed E-state index contributed by atoms with van der Waals surface area (Å²) >= 11 is 0. The number of phenols is 1. The fourth-order valence-corrected chi connectivity index (χ4v) is 3.54. The summed E-state index contributed by atoms with van der Waals surface area (Å²) in [4.78, 5) is 2.18. The van der Waals surface area contributed by atoms with Crippen LogP contribution in [0.15, 0.2) is 24.4 Å². The largest absolute Gasteiger partial charge is 0.505 e. The van der Waals surface area contributed by atoms with Crippen molar-refractivity contribution in [1.29, 1.82) is 0 Å². The molecular formula is C18H25FN2O2. The monoisotopic (exact) mass is 320 g/mol. The van der Waals surface area contributed by atoms with Gasteiger partial charge in [0.05, 0.1) is 5.60 Å². The maximum absolute atomic E-state index is 13.8. The number of phenolic OH excluding ortho intramolecular Hbond substituents is 1. The molecule has 0 radical (unpaired) electrons. The van der Waals surface area contributed by atoms with E-state index in [2.05, 4.69) is 10.2 Å². The minimum atomic E-state index is -0.910. The molecule has 3 rings (SSSR count). The summed E-state index contributed by atoms with van der Waals surface area (Å²) in [5.74, 6) is -1.00. The highest BCUT2D eigenvalue weighted by molar-refractivity contribution is 5.72. The third-order valence-corrected chi connectivity index (χ3v) is 4.90. The van der Waals surface area contributed by atoms with Crippen LogP contribution in [0.1, 0.15) is 37.7 Å². The standard InChI is InChI=1S/C18H25FN2O2/c19-16-12-14(4-5-17(16)22)15(13-21-10-8-20-9-11-21)18(23)6-2-1-3-7-18/h4-5,12-13,20,22-23H,1-3,6-11H2. The first-order chi connectivity index (χ1) is 11.1. The van der Waals surface area contributed by atoms with E-state index < -0.39 is 11.4 Å². The lowest BCUT2D eigenvalue weighted by molar-refractivity contribution is 0.0601. The summed E-state index contributed by atoms with van der Waals surface area (Å²) in [6.07, 6.45) is 6.50. The van der Waals surface area contributed by atoms with Crippen molar-refractivity contribution in [2.45, 2.75) is 37.7 Å². The summed E-state index contributed by atoms with van der Waals surface area (Å²) < 4.78 is 13.8. The molecule has 126 valence electrons. The molecule has 1 aliphatic heterocycles. The van der Waals surface area contributed by atoms with E-state index in [1.54, 1.807) is 6.07 Å². The van der Waals surface area contributed by atoms with Crippen molar-refractivity contribution in [1.82, 2.24) is 10.2 Å². The first-order valence-electron chi connectivity index (χ1n) is 8.47. The number of piperazine rings is 1. The van der Waals surface area contributed by atoms with Crippen LogP contribution in [0.4, 0.5) is 4.39 Å². The van der Waals surface area contributed by atoms with E-state index in [1.807, 2.05) is 6.20 Å². The van der Waals surface area contributed by atoms with E-state index in [-0.39, 0.29) is 5.75 Å². The average Bonchev–Trinajstić information content (AvgIpc) is 2.57. The molecule has 0 unspecified atom stereocenters. The molecule has 1 aliphatic carbocycles. The van der Waals surface area contributed by atoms with Crippen LogP contribution in [0.5, 0.6) is 5.75 Å². The Morgan fingerprint density at radius 3 is 2.52 bits per heavy atom. The molecular weight excluding hydrogens is 295 g/mol. The van der Waals surface area contributed by atoms with E-state index in [9.17, 15) is 14.6 Å². The normalized spacial score (nSPS) is 22.2. The number of halogens is 1. The molecule has 0 atom stereocenters. The second-order valence-corrected chi connectivity index (χ2v) is 6.59. The Labute approximate surface area is 136 Å². The van der Waals surface area contributed by atoms with Gasteiger partial charge in [-0.3, -0.25) is 0 Å². The van der Waals surface area contributed by atoms with Gasteiger partial charge in [0.25, 0.3) is 0 Å². The smallest absolute Gasteiger partial charge is 0.165 e.